The predicted octanol–water partition coefficient (Wildman–Crippen LogP) is 3.73. The molecule has 2 aromatic rings. The molecule has 0 aliphatic carbocycles. The molecule has 0 bridgehead atoms. The van der Waals surface area contributed by atoms with Crippen LogP contribution < -0.4 is 10.6 Å². The van der Waals surface area contributed by atoms with Gasteiger partial charge in [-0.2, -0.15) is 13.2 Å². The summed E-state index contributed by atoms with van der Waals surface area (Å²) in [7, 11) is 0. The molecule has 0 spiro atoms. The van der Waals surface area contributed by atoms with Crippen molar-refractivity contribution < 1.29 is 22.8 Å². The van der Waals surface area contributed by atoms with Crippen LogP contribution in [0.4, 0.5) is 13.2 Å². The molecular formula is C22H23ClF3N3O2. The molecule has 2 aromatic carbocycles. The number of benzene rings is 2. The number of halogens is 4. The highest BCUT2D eigenvalue weighted by molar-refractivity contribution is 6.30. The van der Waals surface area contributed by atoms with Crippen LogP contribution in [0.15, 0.2) is 48.5 Å². The Morgan fingerprint density at radius 1 is 1.06 bits per heavy atom. The zero-order valence-electron chi connectivity index (χ0n) is 16.7. The summed E-state index contributed by atoms with van der Waals surface area (Å²) < 4.78 is 38.3. The maximum absolute atomic E-state index is 12.8. The maximum Gasteiger partial charge on any atom is 0.416 e. The lowest BCUT2D eigenvalue weighted by atomic mass is 10.1. The molecule has 1 atom stereocenters. The fraction of sp³-hybridized carbons (Fsp3) is 0.364. The fourth-order valence-electron chi connectivity index (χ4n) is 3.48. The Labute approximate surface area is 183 Å². The van der Waals surface area contributed by atoms with E-state index < -0.39 is 17.6 Å². The van der Waals surface area contributed by atoms with Gasteiger partial charge in [0.25, 0.3) is 5.91 Å². The molecule has 0 radical (unpaired) electrons. The zero-order chi connectivity index (χ0) is 22.4. The highest BCUT2D eigenvalue weighted by atomic mass is 35.5. The summed E-state index contributed by atoms with van der Waals surface area (Å²) in [5.74, 6) is -0.839. The maximum atomic E-state index is 12.8. The summed E-state index contributed by atoms with van der Waals surface area (Å²) in [6.07, 6.45) is -3.76. The first kappa shape index (κ1) is 23.1. The van der Waals surface area contributed by atoms with Gasteiger partial charge in [0.1, 0.15) is 0 Å². The number of carbonyl (C=O) groups excluding carboxylic acids is 2. The molecular weight excluding hydrogens is 431 g/mol. The number of nitrogens with one attached hydrogen (secondary N) is 2. The van der Waals surface area contributed by atoms with Gasteiger partial charge >= 0.3 is 6.18 Å². The third-order valence-corrected chi connectivity index (χ3v) is 5.38. The van der Waals surface area contributed by atoms with Crippen LogP contribution in [-0.2, 0) is 17.5 Å². The first-order valence-corrected chi connectivity index (χ1v) is 10.3. The van der Waals surface area contributed by atoms with E-state index in [0.717, 1.165) is 37.2 Å². The van der Waals surface area contributed by atoms with E-state index in [1.165, 1.54) is 12.1 Å². The molecule has 9 heteroatoms. The van der Waals surface area contributed by atoms with Crippen molar-refractivity contribution in [3.63, 3.8) is 0 Å². The molecule has 0 aromatic heterocycles. The molecule has 1 heterocycles. The molecule has 0 saturated carbocycles. The van der Waals surface area contributed by atoms with Crippen molar-refractivity contribution >= 4 is 23.4 Å². The van der Waals surface area contributed by atoms with Crippen LogP contribution in [0.3, 0.4) is 0 Å². The van der Waals surface area contributed by atoms with Gasteiger partial charge in [0.15, 0.2) is 0 Å². The number of likely N-dealkylation sites (tertiary alicyclic amines) is 1. The van der Waals surface area contributed by atoms with Gasteiger partial charge in [-0.15, -0.1) is 0 Å². The fourth-order valence-corrected chi connectivity index (χ4v) is 3.61. The number of alkyl halides is 3. The number of nitrogens with zero attached hydrogens (tertiary/aromatic N) is 1. The van der Waals surface area contributed by atoms with Crippen LogP contribution >= 0.6 is 11.6 Å². The Kier molecular flexibility index (Phi) is 7.56. The SMILES string of the molecule is O=C(NCCNC(=O)C1CCN(Cc2ccc(Cl)cc2)C1)c1cccc(C(F)(F)F)c1. The lowest BCUT2D eigenvalue weighted by Gasteiger charge is -2.16. The molecule has 1 fully saturated rings. The van der Waals surface area contributed by atoms with Crippen LogP contribution in [0.25, 0.3) is 0 Å². The van der Waals surface area contributed by atoms with Crippen LogP contribution in [0, 0.1) is 5.92 Å². The molecule has 1 aliphatic rings. The van der Waals surface area contributed by atoms with E-state index in [4.69, 9.17) is 11.6 Å². The molecule has 31 heavy (non-hydrogen) atoms. The summed E-state index contributed by atoms with van der Waals surface area (Å²) in [6.45, 7) is 2.53. The quantitative estimate of drug-likeness (QED) is 0.628. The molecule has 1 aliphatic heterocycles. The van der Waals surface area contributed by atoms with Gasteiger partial charge < -0.3 is 10.6 Å². The van der Waals surface area contributed by atoms with E-state index in [0.29, 0.717) is 11.6 Å². The molecule has 5 nitrogen and oxygen atoms in total. The van der Waals surface area contributed by atoms with Gasteiger partial charge in [-0.1, -0.05) is 29.8 Å². The Hall–Kier alpha value is -2.58. The first-order chi connectivity index (χ1) is 14.7. The zero-order valence-corrected chi connectivity index (χ0v) is 17.5. The third-order valence-electron chi connectivity index (χ3n) is 5.12. The highest BCUT2D eigenvalue weighted by Gasteiger charge is 2.31. The second kappa shape index (κ2) is 10.2. The summed E-state index contributed by atoms with van der Waals surface area (Å²) in [4.78, 5) is 26.6. The van der Waals surface area contributed by atoms with Gasteiger partial charge in [0.2, 0.25) is 5.91 Å². The summed E-state index contributed by atoms with van der Waals surface area (Å²) in [5, 5.41) is 5.99. The normalized spacial score (nSPS) is 16.8. The minimum absolute atomic E-state index is 0.0743. The third kappa shape index (κ3) is 6.70. The number of hydrogen-bond acceptors (Lipinski definition) is 3. The topological polar surface area (TPSA) is 61.4 Å². The number of amides is 2. The molecule has 1 saturated heterocycles. The van der Waals surface area contributed by atoms with Crippen molar-refractivity contribution in [2.24, 2.45) is 5.92 Å². The standard InChI is InChI=1S/C22H23ClF3N3O2/c23-19-6-4-15(5-7-19)13-29-11-8-17(14-29)21(31)28-10-9-27-20(30)16-2-1-3-18(12-16)22(24,25)26/h1-7,12,17H,8-11,13-14H2,(H,27,30)(H,28,31). The Bertz CT molecular complexity index is 919. The number of carbonyl (C=O) groups is 2. The van der Waals surface area contributed by atoms with Crippen molar-refractivity contribution in [3.8, 4) is 0 Å². The van der Waals surface area contributed by atoms with E-state index >= 15 is 0 Å². The summed E-state index contributed by atoms with van der Waals surface area (Å²) in [6, 6.07) is 11.8. The Morgan fingerprint density at radius 3 is 2.48 bits per heavy atom. The van der Waals surface area contributed by atoms with Crippen molar-refractivity contribution in [1.29, 1.82) is 0 Å². The van der Waals surface area contributed by atoms with E-state index in [2.05, 4.69) is 15.5 Å². The summed E-state index contributed by atoms with van der Waals surface area (Å²) >= 11 is 5.89. The number of rotatable bonds is 7. The molecule has 166 valence electrons. The second-order valence-corrected chi connectivity index (χ2v) is 7.91. The Morgan fingerprint density at radius 2 is 1.77 bits per heavy atom. The smallest absolute Gasteiger partial charge is 0.354 e. The van der Waals surface area contributed by atoms with Crippen LogP contribution in [0.2, 0.25) is 5.02 Å². The Balaban J connectivity index is 1.38. The van der Waals surface area contributed by atoms with Gasteiger partial charge in [0.05, 0.1) is 11.5 Å². The molecule has 1 unspecified atom stereocenters. The van der Waals surface area contributed by atoms with Crippen molar-refractivity contribution in [2.75, 3.05) is 26.2 Å². The van der Waals surface area contributed by atoms with Gasteiger partial charge in [0, 0.05) is 36.8 Å². The molecule has 2 amide bonds. The van der Waals surface area contributed by atoms with E-state index in [9.17, 15) is 22.8 Å². The van der Waals surface area contributed by atoms with Gasteiger partial charge in [-0.25, -0.2) is 0 Å². The average molecular weight is 454 g/mol. The minimum Gasteiger partial charge on any atom is -0.354 e. The van der Waals surface area contributed by atoms with E-state index in [1.807, 2.05) is 24.3 Å². The lowest BCUT2D eigenvalue weighted by Crippen LogP contribution is -2.38. The van der Waals surface area contributed by atoms with Crippen molar-refractivity contribution in [1.82, 2.24) is 15.5 Å². The lowest BCUT2D eigenvalue weighted by molar-refractivity contribution is -0.137. The second-order valence-electron chi connectivity index (χ2n) is 7.47. The van der Waals surface area contributed by atoms with E-state index in [-0.39, 0.29) is 30.5 Å². The predicted molar refractivity (Wildman–Crippen MR) is 112 cm³/mol. The largest absolute Gasteiger partial charge is 0.416 e. The molecule has 3 rings (SSSR count). The number of hydrogen-bond donors (Lipinski definition) is 2. The van der Waals surface area contributed by atoms with Crippen molar-refractivity contribution in [3.05, 3.63) is 70.2 Å². The average Bonchev–Trinajstić information content (AvgIpc) is 3.20. The highest BCUT2D eigenvalue weighted by Crippen LogP contribution is 2.29. The first-order valence-electron chi connectivity index (χ1n) is 9.92. The van der Waals surface area contributed by atoms with E-state index in [1.54, 1.807) is 0 Å². The van der Waals surface area contributed by atoms with Crippen molar-refractivity contribution in [2.45, 2.75) is 19.1 Å². The van der Waals surface area contributed by atoms with Gasteiger partial charge in [-0.05, 0) is 48.9 Å². The minimum atomic E-state index is -4.51. The summed E-state index contributed by atoms with van der Waals surface area (Å²) in [5.41, 5.74) is 0.176. The van der Waals surface area contributed by atoms with Crippen LogP contribution in [0.1, 0.15) is 27.9 Å². The van der Waals surface area contributed by atoms with Crippen LogP contribution in [-0.4, -0.2) is 42.9 Å². The monoisotopic (exact) mass is 453 g/mol. The van der Waals surface area contributed by atoms with Gasteiger partial charge in [-0.3, -0.25) is 14.5 Å². The molecule has 2 N–H and O–H groups in total. The van der Waals surface area contributed by atoms with Crippen LogP contribution in [0.5, 0.6) is 0 Å².